The fourth-order valence-electron chi connectivity index (χ4n) is 3.80. The highest BCUT2D eigenvalue weighted by molar-refractivity contribution is 5.84. The normalized spacial score (nSPS) is 15.9. The van der Waals surface area contributed by atoms with E-state index in [1.807, 2.05) is 12.2 Å². The summed E-state index contributed by atoms with van der Waals surface area (Å²) in [5, 5.41) is 3.52. The summed E-state index contributed by atoms with van der Waals surface area (Å²) in [6.07, 6.45) is 10.0. The zero-order chi connectivity index (χ0) is 18.1. The van der Waals surface area contributed by atoms with Crippen molar-refractivity contribution in [1.82, 2.24) is 0 Å². The molecule has 2 nitrogen and oxygen atoms in total. The lowest BCUT2D eigenvalue weighted by Gasteiger charge is -2.17. The van der Waals surface area contributed by atoms with E-state index in [-0.39, 0.29) is 0 Å². The van der Waals surface area contributed by atoms with Crippen LogP contribution in [-0.4, -0.2) is 0 Å². The minimum Gasteiger partial charge on any atom is -0.397 e. The number of fused-ring (bicyclic) bond motifs is 2. The number of nitrogens with one attached hydrogen (secondary N) is 1. The molecular weight excluding hydrogens is 316 g/mol. The summed E-state index contributed by atoms with van der Waals surface area (Å²) in [5.41, 5.74) is 16.6. The standard InChI is InChI=1S/C24H24N2/c1-3-17-8-9-18-10-11-19-15-20(26-24-7-5-4-6-23(24)25)12-13-21(19)16(2)22(18)14-17/h3-4,6,8-9,12-15,26H,1-2,5,7,10-11,25H2. The molecule has 2 aromatic rings. The number of allylic oxidation sites excluding steroid dienone is 3. The maximum Gasteiger partial charge on any atom is 0.0507 e. The number of benzene rings is 2. The van der Waals surface area contributed by atoms with Crippen molar-refractivity contribution >= 4 is 17.3 Å². The van der Waals surface area contributed by atoms with Gasteiger partial charge >= 0.3 is 0 Å². The smallest absolute Gasteiger partial charge is 0.0507 e. The Kier molecular flexibility index (Phi) is 4.26. The van der Waals surface area contributed by atoms with Crippen LogP contribution in [0.1, 0.15) is 40.7 Å². The Bertz CT molecular complexity index is 960. The topological polar surface area (TPSA) is 38.0 Å². The van der Waals surface area contributed by atoms with E-state index in [2.05, 4.69) is 60.9 Å². The van der Waals surface area contributed by atoms with Crippen LogP contribution < -0.4 is 11.1 Å². The van der Waals surface area contributed by atoms with E-state index >= 15 is 0 Å². The van der Waals surface area contributed by atoms with Gasteiger partial charge in [-0.15, -0.1) is 0 Å². The van der Waals surface area contributed by atoms with Crippen molar-refractivity contribution in [2.75, 3.05) is 5.32 Å². The predicted molar refractivity (Wildman–Crippen MR) is 112 cm³/mol. The third kappa shape index (κ3) is 2.99. The largest absolute Gasteiger partial charge is 0.397 e. The maximum absolute atomic E-state index is 6.10. The first-order chi connectivity index (χ1) is 12.7. The Balaban J connectivity index is 1.68. The van der Waals surface area contributed by atoms with Gasteiger partial charge in [0.15, 0.2) is 0 Å². The van der Waals surface area contributed by atoms with Gasteiger partial charge < -0.3 is 11.1 Å². The molecule has 0 radical (unpaired) electrons. The highest BCUT2D eigenvalue weighted by Gasteiger charge is 2.17. The fourth-order valence-corrected chi connectivity index (χ4v) is 3.80. The third-order valence-corrected chi connectivity index (χ3v) is 5.29. The zero-order valence-electron chi connectivity index (χ0n) is 15.0. The van der Waals surface area contributed by atoms with Gasteiger partial charge in [-0.05, 0) is 83.3 Å². The van der Waals surface area contributed by atoms with E-state index in [1.165, 1.54) is 22.3 Å². The van der Waals surface area contributed by atoms with Gasteiger partial charge in [0.1, 0.15) is 0 Å². The molecule has 0 atom stereocenters. The van der Waals surface area contributed by atoms with Crippen molar-refractivity contribution in [3.63, 3.8) is 0 Å². The third-order valence-electron chi connectivity index (χ3n) is 5.29. The highest BCUT2D eigenvalue weighted by Crippen LogP contribution is 2.34. The number of anilines is 1. The Hall–Kier alpha value is -3.00. The summed E-state index contributed by atoms with van der Waals surface area (Å²) < 4.78 is 0. The molecular formula is C24H24N2. The van der Waals surface area contributed by atoms with Gasteiger partial charge in [0.2, 0.25) is 0 Å². The first kappa shape index (κ1) is 16.5. The molecule has 0 fully saturated rings. The van der Waals surface area contributed by atoms with Gasteiger partial charge in [-0.25, -0.2) is 0 Å². The first-order valence-electron chi connectivity index (χ1n) is 9.16. The molecule has 0 aromatic heterocycles. The Morgan fingerprint density at radius 1 is 0.962 bits per heavy atom. The minimum atomic E-state index is 0.833. The second kappa shape index (κ2) is 6.72. The second-order valence-electron chi connectivity index (χ2n) is 6.97. The van der Waals surface area contributed by atoms with Crippen LogP contribution in [0.3, 0.4) is 0 Å². The number of nitrogens with two attached hydrogens (primary N) is 1. The van der Waals surface area contributed by atoms with Crippen LogP contribution in [0.2, 0.25) is 0 Å². The van der Waals surface area contributed by atoms with E-state index in [4.69, 9.17) is 5.73 Å². The van der Waals surface area contributed by atoms with Crippen molar-refractivity contribution in [1.29, 1.82) is 0 Å². The van der Waals surface area contributed by atoms with E-state index in [9.17, 15) is 0 Å². The molecule has 0 heterocycles. The van der Waals surface area contributed by atoms with Gasteiger partial charge in [0.25, 0.3) is 0 Å². The molecule has 0 amide bonds. The first-order valence-corrected chi connectivity index (χ1v) is 9.16. The zero-order valence-corrected chi connectivity index (χ0v) is 15.0. The molecule has 0 unspecified atom stereocenters. The molecule has 0 saturated carbocycles. The summed E-state index contributed by atoms with van der Waals surface area (Å²) in [4.78, 5) is 0. The molecule has 2 aromatic carbocycles. The van der Waals surface area contributed by atoms with E-state index in [0.29, 0.717) is 0 Å². The summed E-state index contributed by atoms with van der Waals surface area (Å²) >= 11 is 0. The average molecular weight is 340 g/mol. The Morgan fingerprint density at radius 2 is 1.81 bits per heavy atom. The molecule has 130 valence electrons. The van der Waals surface area contributed by atoms with Crippen molar-refractivity contribution in [2.24, 2.45) is 5.73 Å². The van der Waals surface area contributed by atoms with Crippen LogP contribution in [0, 0.1) is 0 Å². The molecule has 0 bridgehead atoms. The lowest BCUT2D eigenvalue weighted by Crippen LogP contribution is -2.11. The predicted octanol–water partition coefficient (Wildman–Crippen LogP) is 5.42. The van der Waals surface area contributed by atoms with Gasteiger partial charge in [-0.1, -0.05) is 43.5 Å². The Morgan fingerprint density at radius 3 is 2.62 bits per heavy atom. The maximum atomic E-state index is 6.10. The van der Waals surface area contributed by atoms with Crippen LogP contribution in [0.25, 0.3) is 11.6 Å². The van der Waals surface area contributed by atoms with Gasteiger partial charge in [0, 0.05) is 11.4 Å². The average Bonchev–Trinajstić information content (AvgIpc) is 2.80. The second-order valence-corrected chi connectivity index (χ2v) is 6.97. The molecule has 2 aliphatic carbocycles. The van der Waals surface area contributed by atoms with Crippen LogP contribution in [0.5, 0.6) is 0 Å². The molecule has 26 heavy (non-hydrogen) atoms. The molecule has 2 aliphatic rings. The number of rotatable bonds is 3. The van der Waals surface area contributed by atoms with Gasteiger partial charge in [-0.2, -0.15) is 0 Å². The SMILES string of the molecule is C=Cc1ccc2c(c1)C(=C)c1ccc(NC3=C(N)C=CCC3)cc1CC2. The van der Waals surface area contributed by atoms with Gasteiger partial charge in [-0.3, -0.25) is 0 Å². The summed E-state index contributed by atoms with van der Waals surface area (Å²) in [6, 6.07) is 13.1. The quantitative estimate of drug-likeness (QED) is 0.783. The molecule has 0 aliphatic heterocycles. The Labute approximate surface area is 155 Å². The number of aryl methyl sites for hydroxylation is 2. The lowest BCUT2D eigenvalue weighted by molar-refractivity contribution is 0.936. The molecule has 4 rings (SSSR count). The molecule has 2 heteroatoms. The van der Waals surface area contributed by atoms with E-state index in [0.717, 1.165) is 53.9 Å². The molecule has 0 spiro atoms. The summed E-state index contributed by atoms with van der Waals surface area (Å²) in [5.74, 6) is 0. The van der Waals surface area contributed by atoms with Crippen LogP contribution in [-0.2, 0) is 12.8 Å². The van der Waals surface area contributed by atoms with E-state index in [1.54, 1.807) is 0 Å². The highest BCUT2D eigenvalue weighted by atomic mass is 14.9. The van der Waals surface area contributed by atoms with Crippen molar-refractivity contribution in [3.8, 4) is 0 Å². The summed E-state index contributed by atoms with van der Waals surface area (Å²) in [7, 11) is 0. The van der Waals surface area contributed by atoms with Crippen LogP contribution in [0.15, 0.2) is 73.1 Å². The van der Waals surface area contributed by atoms with Crippen molar-refractivity contribution in [2.45, 2.75) is 25.7 Å². The number of hydrogen-bond donors (Lipinski definition) is 2. The molecule has 3 N–H and O–H groups in total. The lowest BCUT2D eigenvalue weighted by atomic mass is 9.94. The van der Waals surface area contributed by atoms with E-state index < -0.39 is 0 Å². The van der Waals surface area contributed by atoms with Gasteiger partial charge in [0.05, 0.1) is 5.70 Å². The molecule has 0 saturated heterocycles. The number of hydrogen-bond acceptors (Lipinski definition) is 2. The monoisotopic (exact) mass is 340 g/mol. The fraction of sp³-hybridized carbons (Fsp3) is 0.167. The van der Waals surface area contributed by atoms with Crippen LogP contribution in [0.4, 0.5) is 5.69 Å². The minimum absolute atomic E-state index is 0.833. The summed E-state index contributed by atoms with van der Waals surface area (Å²) in [6.45, 7) is 8.29. The van der Waals surface area contributed by atoms with Crippen molar-refractivity contribution in [3.05, 3.63) is 101 Å². The van der Waals surface area contributed by atoms with Crippen LogP contribution >= 0.6 is 0 Å². The van der Waals surface area contributed by atoms with Crippen molar-refractivity contribution < 1.29 is 0 Å².